The van der Waals surface area contributed by atoms with Crippen molar-refractivity contribution < 1.29 is 42.9 Å². The molecule has 214 valence electrons. The van der Waals surface area contributed by atoms with E-state index in [-0.39, 0.29) is 29.2 Å². The monoisotopic (exact) mass is 560 g/mol. The molecule has 0 N–H and O–H groups in total. The van der Waals surface area contributed by atoms with Crippen molar-refractivity contribution in [3.8, 4) is 17.2 Å². The standard InChI is InChI=1S/C32H32O9/c1-3-29(33)39-22-10-6-5-9-21-38-25-17-13-24(14-18-25)31(35)41-28-12-8-7-11-27(28)32(36)40-26-19-15-23(16-20-26)30(34)37-4-2/h3,7-8,11-20H,1,4-6,9-10,21-22H2,2H3. The molecule has 0 unspecified atom stereocenters. The van der Waals surface area contributed by atoms with Crippen LogP contribution in [0.1, 0.15) is 63.7 Å². The predicted octanol–water partition coefficient (Wildman–Crippen LogP) is 5.97. The highest BCUT2D eigenvalue weighted by Crippen LogP contribution is 2.23. The average Bonchev–Trinajstić information content (AvgIpc) is 2.99. The van der Waals surface area contributed by atoms with Gasteiger partial charge < -0.3 is 23.7 Å². The van der Waals surface area contributed by atoms with E-state index in [1.807, 2.05) is 0 Å². The number of hydrogen-bond donors (Lipinski definition) is 0. The minimum absolute atomic E-state index is 0.0465. The van der Waals surface area contributed by atoms with Crippen LogP contribution >= 0.6 is 0 Å². The van der Waals surface area contributed by atoms with Crippen LogP contribution in [0.4, 0.5) is 0 Å². The summed E-state index contributed by atoms with van der Waals surface area (Å²) in [6.07, 6.45) is 4.60. The largest absolute Gasteiger partial charge is 0.494 e. The number of hydrogen-bond acceptors (Lipinski definition) is 9. The van der Waals surface area contributed by atoms with Gasteiger partial charge in [0.1, 0.15) is 22.8 Å². The van der Waals surface area contributed by atoms with Gasteiger partial charge in [-0.1, -0.05) is 18.7 Å². The summed E-state index contributed by atoms with van der Waals surface area (Å²) in [6, 6.07) is 18.7. The summed E-state index contributed by atoms with van der Waals surface area (Å²) in [5, 5.41) is 0. The molecule has 0 spiro atoms. The number of benzene rings is 3. The van der Waals surface area contributed by atoms with Crippen molar-refractivity contribution in [1.29, 1.82) is 0 Å². The first-order valence-corrected chi connectivity index (χ1v) is 13.2. The van der Waals surface area contributed by atoms with Gasteiger partial charge in [-0.05, 0) is 93.3 Å². The summed E-state index contributed by atoms with van der Waals surface area (Å²) >= 11 is 0. The fourth-order valence-electron chi connectivity index (χ4n) is 3.59. The van der Waals surface area contributed by atoms with Crippen LogP contribution < -0.4 is 14.2 Å². The highest BCUT2D eigenvalue weighted by atomic mass is 16.6. The molecular formula is C32H32O9. The van der Waals surface area contributed by atoms with Gasteiger partial charge >= 0.3 is 23.9 Å². The number of carbonyl (C=O) groups excluding carboxylic acids is 4. The lowest BCUT2D eigenvalue weighted by Crippen LogP contribution is -2.14. The molecule has 0 radical (unpaired) electrons. The zero-order chi connectivity index (χ0) is 29.5. The Morgan fingerprint density at radius 2 is 1.27 bits per heavy atom. The Hall–Kier alpha value is -4.92. The third-order valence-corrected chi connectivity index (χ3v) is 5.69. The molecule has 0 heterocycles. The second-order valence-electron chi connectivity index (χ2n) is 8.68. The Balaban J connectivity index is 1.48. The zero-order valence-corrected chi connectivity index (χ0v) is 22.8. The minimum atomic E-state index is -0.723. The van der Waals surface area contributed by atoms with Crippen molar-refractivity contribution in [2.24, 2.45) is 0 Å². The van der Waals surface area contributed by atoms with Crippen LogP contribution in [0.2, 0.25) is 0 Å². The second kappa shape index (κ2) is 16.2. The second-order valence-corrected chi connectivity index (χ2v) is 8.68. The van der Waals surface area contributed by atoms with Crippen LogP contribution in [-0.4, -0.2) is 43.7 Å². The summed E-state index contributed by atoms with van der Waals surface area (Å²) in [6.45, 7) is 6.20. The maximum atomic E-state index is 12.8. The van der Waals surface area contributed by atoms with Crippen molar-refractivity contribution in [3.63, 3.8) is 0 Å². The van der Waals surface area contributed by atoms with Crippen LogP contribution in [0.25, 0.3) is 0 Å². The van der Waals surface area contributed by atoms with Gasteiger partial charge in [0.05, 0.1) is 30.9 Å². The Kier molecular flexibility index (Phi) is 12.1. The van der Waals surface area contributed by atoms with E-state index in [0.29, 0.717) is 24.5 Å². The molecule has 0 saturated carbocycles. The SMILES string of the molecule is C=CC(=O)OCCCCCCOc1ccc(C(=O)Oc2ccccc2C(=O)Oc2ccc(C(=O)OCC)cc2)cc1. The molecular weight excluding hydrogens is 528 g/mol. The molecule has 0 atom stereocenters. The van der Waals surface area contributed by atoms with E-state index in [4.69, 9.17) is 23.7 Å². The van der Waals surface area contributed by atoms with E-state index in [1.165, 1.54) is 36.4 Å². The van der Waals surface area contributed by atoms with Crippen LogP contribution in [-0.2, 0) is 14.3 Å². The van der Waals surface area contributed by atoms with Crippen LogP contribution in [0.3, 0.4) is 0 Å². The maximum absolute atomic E-state index is 12.8. The Labute approximate surface area is 238 Å². The smallest absolute Gasteiger partial charge is 0.347 e. The number of carbonyl (C=O) groups is 4. The molecule has 3 aromatic rings. The summed E-state index contributed by atoms with van der Waals surface area (Å²) in [5.41, 5.74) is 0.677. The third kappa shape index (κ3) is 9.96. The van der Waals surface area contributed by atoms with Crippen LogP contribution in [0.15, 0.2) is 85.5 Å². The number of esters is 4. The molecule has 0 aromatic heterocycles. The number of rotatable bonds is 15. The van der Waals surface area contributed by atoms with Gasteiger partial charge in [-0.15, -0.1) is 0 Å². The summed E-state index contributed by atoms with van der Waals surface area (Å²) < 4.78 is 26.5. The molecule has 0 amide bonds. The van der Waals surface area contributed by atoms with Gasteiger partial charge in [-0.3, -0.25) is 0 Å². The summed E-state index contributed by atoms with van der Waals surface area (Å²) in [7, 11) is 0. The van der Waals surface area contributed by atoms with Gasteiger partial charge in [0.2, 0.25) is 0 Å². The summed E-state index contributed by atoms with van der Waals surface area (Å²) in [5.74, 6) is -1.38. The minimum Gasteiger partial charge on any atom is -0.494 e. The summed E-state index contributed by atoms with van der Waals surface area (Å²) in [4.78, 5) is 48.4. The Morgan fingerprint density at radius 1 is 0.659 bits per heavy atom. The molecule has 3 rings (SSSR count). The molecule has 0 bridgehead atoms. The van der Waals surface area contributed by atoms with Crippen molar-refractivity contribution in [2.45, 2.75) is 32.6 Å². The van der Waals surface area contributed by atoms with Crippen molar-refractivity contribution in [1.82, 2.24) is 0 Å². The number of unbranched alkanes of at least 4 members (excludes halogenated alkanes) is 3. The molecule has 41 heavy (non-hydrogen) atoms. The lowest BCUT2D eigenvalue weighted by atomic mass is 10.2. The highest BCUT2D eigenvalue weighted by Gasteiger charge is 2.18. The molecule has 0 aliphatic heterocycles. The van der Waals surface area contributed by atoms with E-state index in [1.54, 1.807) is 43.3 Å². The van der Waals surface area contributed by atoms with E-state index < -0.39 is 23.9 Å². The maximum Gasteiger partial charge on any atom is 0.347 e. The topological polar surface area (TPSA) is 114 Å². The Bertz CT molecular complexity index is 1330. The van der Waals surface area contributed by atoms with Gasteiger partial charge in [0.15, 0.2) is 0 Å². The molecule has 0 aliphatic rings. The van der Waals surface area contributed by atoms with E-state index in [0.717, 1.165) is 31.8 Å². The quantitative estimate of drug-likeness (QED) is 0.0959. The lowest BCUT2D eigenvalue weighted by molar-refractivity contribution is -0.137. The van der Waals surface area contributed by atoms with Crippen molar-refractivity contribution >= 4 is 23.9 Å². The molecule has 0 saturated heterocycles. The van der Waals surface area contributed by atoms with Crippen LogP contribution in [0.5, 0.6) is 17.2 Å². The first kappa shape index (κ1) is 30.6. The highest BCUT2D eigenvalue weighted by molar-refractivity contribution is 5.97. The van der Waals surface area contributed by atoms with Crippen molar-refractivity contribution in [3.05, 3.63) is 102 Å². The molecule has 0 fully saturated rings. The van der Waals surface area contributed by atoms with Crippen molar-refractivity contribution in [2.75, 3.05) is 19.8 Å². The predicted molar refractivity (Wildman–Crippen MR) is 150 cm³/mol. The van der Waals surface area contributed by atoms with E-state index >= 15 is 0 Å². The molecule has 9 nitrogen and oxygen atoms in total. The number of para-hydroxylation sites is 1. The molecule has 3 aromatic carbocycles. The zero-order valence-electron chi connectivity index (χ0n) is 22.8. The number of ether oxygens (including phenoxy) is 5. The first-order chi connectivity index (χ1) is 19.9. The fourth-order valence-corrected chi connectivity index (χ4v) is 3.59. The van der Waals surface area contributed by atoms with Gasteiger partial charge in [-0.2, -0.15) is 0 Å². The Morgan fingerprint density at radius 3 is 1.93 bits per heavy atom. The fraction of sp³-hybridized carbons (Fsp3) is 0.250. The van der Waals surface area contributed by atoms with Crippen LogP contribution in [0, 0.1) is 0 Å². The van der Waals surface area contributed by atoms with E-state index in [9.17, 15) is 19.2 Å². The first-order valence-electron chi connectivity index (χ1n) is 13.2. The normalized spacial score (nSPS) is 10.3. The van der Waals surface area contributed by atoms with Gasteiger partial charge in [-0.25, -0.2) is 19.2 Å². The van der Waals surface area contributed by atoms with E-state index in [2.05, 4.69) is 6.58 Å². The van der Waals surface area contributed by atoms with Gasteiger partial charge in [0, 0.05) is 6.08 Å². The molecule has 9 heteroatoms. The third-order valence-electron chi connectivity index (χ3n) is 5.69. The lowest BCUT2D eigenvalue weighted by Gasteiger charge is -2.11. The average molecular weight is 561 g/mol. The molecule has 0 aliphatic carbocycles. The van der Waals surface area contributed by atoms with Gasteiger partial charge in [0.25, 0.3) is 0 Å².